The number of hydrogen-bond donors (Lipinski definition) is 2. The number of methoxy groups -OCH3 is 1. The van der Waals surface area contributed by atoms with Gasteiger partial charge in [0.15, 0.2) is 0 Å². The van der Waals surface area contributed by atoms with E-state index >= 15 is 0 Å². The number of rotatable bonds is 4. The summed E-state index contributed by atoms with van der Waals surface area (Å²) in [6.45, 7) is 0.535. The summed E-state index contributed by atoms with van der Waals surface area (Å²) in [6, 6.07) is 11.0. The molecule has 0 atom stereocenters. The van der Waals surface area contributed by atoms with E-state index in [-0.39, 0.29) is 6.03 Å². The van der Waals surface area contributed by atoms with Gasteiger partial charge < -0.3 is 15.4 Å². The van der Waals surface area contributed by atoms with Crippen LogP contribution in [0.15, 0.2) is 41.8 Å². The van der Waals surface area contributed by atoms with Gasteiger partial charge in [0.2, 0.25) is 0 Å². The number of nitrogens with one attached hydrogen (secondary N) is 2. The maximum absolute atomic E-state index is 11.6. The molecule has 0 unspecified atom stereocenters. The highest BCUT2D eigenvalue weighted by molar-refractivity contribution is 7.09. The smallest absolute Gasteiger partial charge is 0.319 e. The first kappa shape index (κ1) is 12.4. The average molecular weight is 262 g/mol. The Kier molecular flexibility index (Phi) is 4.20. The molecule has 2 amide bonds. The highest BCUT2D eigenvalue weighted by Crippen LogP contribution is 2.16. The van der Waals surface area contributed by atoms with Crippen molar-refractivity contribution in [3.8, 4) is 5.75 Å². The summed E-state index contributed by atoms with van der Waals surface area (Å²) < 4.78 is 5.09. The third kappa shape index (κ3) is 3.49. The maximum Gasteiger partial charge on any atom is 0.319 e. The van der Waals surface area contributed by atoms with Crippen molar-refractivity contribution >= 4 is 23.1 Å². The molecule has 0 saturated carbocycles. The van der Waals surface area contributed by atoms with Gasteiger partial charge in [-0.3, -0.25) is 0 Å². The lowest BCUT2D eigenvalue weighted by Gasteiger charge is -2.07. The first-order valence-electron chi connectivity index (χ1n) is 5.49. The molecule has 4 nitrogen and oxygen atoms in total. The van der Waals surface area contributed by atoms with Gasteiger partial charge in [-0.2, -0.15) is 0 Å². The lowest BCUT2D eigenvalue weighted by atomic mass is 10.3. The third-order valence-corrected chi connectivity index (χ3v) is 3.21. The Morgan fingerprint density at radius 1 is 1.33 bits per heavy atom. The molecule has 0 aliphatic carbocycles. The van der Waals surface area contributed by atoms with Gasteiger partial charge in [0.1, 0.15) is 5.75 Å². The summed E-state index contributed by atoms with van der Waals surface area (Å²) in [4.78, 5) is 12.8. The highest BCUT2D eigenvalue weighted by Gasteiger charge is 2.02. The van der Waals surface area contributed by atoms with Gasteiger partial charge in [-0.1, -0.05) is 12.1 Å². The molecule has 1 aromatic heterocycles. The van der Waals surface area contributed by atoms with E-state index in [9.17, 15) is 4.79 Å². The van der Waals surface area contributed by atoms with Crippen molar-refractivity contribution in [1.29, 1.82) is 0 Å². The number of carbonyl (C=O) groups excluding carboxylic acids is 1. The zero-order valence-corrected chi connectivity index (χ0v) is 10.8. The van der Waals surface area contributed by atoms with Gasteiger partial charge in [-0.05, 0) is 23.6 Å². The minimum absolute atomic E-state index is 0.225. The van der Waals surface area contributed by atoms with Crippen molar-refractivity contribution in [3.05, 3.63) is 46.7 Å². The van der Waals surface area contributed by atoms with Crippen LogP contribution in [0, 0.1) is 0 Å². The standard InChI is InChI=1S/C13H14N2O2S/c1-17-11-5-2-4-10(8-11)15-13(16)14-9-12-6-3-7-18-12/h2-8H,9H2,1H3,(H2,14,15,16). The van der Waals surface area contributed by atoms with Crippen LogP contribution in [0.4, 0.5) is 10.5 Å². The van der Waals surface area contributed by atoms with Crippen LogP contribution in [-0.4, -0.2) is 13.1 Å². The van der Waals surface area contributed by atoms with Gasteiger partial charge in [-0.25, -0.2) is 4.79 Å². The number of ether oxygens (including phenoxy) is 1. The van der Waals surface area contributed by atoms with E-state index in [1.54, 1.807) is 24.5 Å². The molecule has 0 aliphatic heterocycles. The van der Waals surface area contributed by atoms with Crippen molar-refractivity contribution in [2.24, 2.45) is 0 Å². The monoisotopic (exact) mass is 262 g/mol. The average Bonchev–Trinajstić information content (AvgIpc) is 2.90. The van der Waals surface area contributed by atoms with E-state index in [2.05, 4.69) is 10.6 Å². The Morgan fingerprint density at radius 2 is 2.22 bits per heavy atom. The van der Waals surface area contributed by atoms with Crippen LogP contribution in [0.5, 0.6) is 5.75 Å². The molecule has 0 radical (unpaired) electrons. The van der Waals surface area contributed by atoms with Gasteiger partial charge in [-0.15, -0.1) is 11.3 Å². The predicted octanol–water partition coefficient (Wildman–Crippen LogP) is 3.08. The van der Waals surface area contributed by atoms with Crippen molar-refractivity contribution in [2.75, 3.05) is 12.4 Å². The van der Waals surface area contributed by atoms with Crippen molar-refractivity contribution in [3.63, 3.8) is 0 Å². The molecule has 1 heterocycles. The molecule has 5 heteroatoms. The second kappa shape index (κ2) is 6.07. The number of anilines is 1. The Balaban J connectivity index is 1.86. The summed E-state index contributed by atoms with van der Waals surface area (Å²) in [6.07, 6.45) is 0. The molecule has 0 saturated heterocycles. The lowest BCUT2D eigenvalue weighted by Crippen LogP contribution is -2.27. The number of hydrogen-bond acceptors (Lipinski definition) is 3. The normalized spacial score (nSPS) is 9.83. The first-order chi connectivity index (χ1) is 8.78. The summed E-state index contributed by atoms with van der Waals surface area (Å²) in [5.74, 6) is 0.714. The van der Waals surface area contributed by atoms with E-state index in [0.717, 1.165) is 4.88 Å². The molecular weight excluding hydrogens is 248 g/mol. The Hall–Kier alpha value is -2.01. The number of benzene rings is 1. The van der Waals surface area contributed by atoms with Gasteiger partial charge in [0.25, 0.3) is 0 Å². The van der Waals surface area contributed by atoms with E-state index in [0.29, 0.717) is 18.0 Å². The minimum Gasteiger partial charge on any atom is -0.497 e. The minimum atomic E-state index is -0.225. The maximum atomic E-state index is 11.6. The van der Waals surface area contributed by atoms with Crippen LogP contribution in [0.3, 0.4) is 0 Å². The van der Waals surface area contributed by atoms with E-state index in [1.807, 2.05) is 35.7 Å². The molecule has 2 rings (SSSR count). The Bertz CT molecular complexity index is 511. The van der Waals surface area contributed by atoms with E-state index < -0.39 is 0 Å². The molecule has 0 spiro atoms. The second-order valence-corrected chi connectivity index (χ2v) is 4.65. The third-order valence-electron chi connectivity index (χ3n) is 2.33. The summed E-state index contributed by atoms with van der Waals surface area (Å²) >= 11 is 1.61. The van der Waals surface area contributed by atoms with E-state index in [1.165, 1.54) is 0 Å². The number of carbonyl (C=O) groups is 1. The molecule has 94 valence electrons. The fourth-order valence-electron chi connectivity index (χ4n) is 1.46. The van der Waals surface area contributed by atoms with Gasteiger partial charge >= 0.3 is 6.03 Å². The van der Waals surface area contributed by atoms with Crippen LogP contribution in [0.2, 0.25) is 0 Å². The summed E-state index contributed by atoms with van der Waals surface area (Å²) in [5, 5.41) is 7.53. The highest BCUT2D eigenvalue weighted by atomic mass is 32.1. The zero-order chi connectivity index (χ0) is 12.8. The SMILES string of the molecule is COc1cccc(NC(=O)NCc2cccs2)c1. The molecular formula is C13H14N2O2S. The molecule has 0 fully saturated rings. The molecule has 18 heavy (non-hydrogen) atoms. The Morgan fingerprint density at radius 3 is 2.94 bits per heavy atom. The fourth-order valence-corrected chi connectivity index (χ4v) is 2.10. The summed E-state index contributed by atoms with van der Waals surface area (Å²) in [5.41, 5.74) is 0.707. The summed E-state index contributed by atoms with van der Waals surface area (Å²) in [7, 11) is 1.59. The number of amides is 2. The van der Waals surface area contributed by atoms with Crippen LogP contribution in [-0.2, 0) is 6.54 Å². The van der Waals surface area contributed by atoms with Crippen LogP contribution >= 0.6 is 11.3 Å². The zero-order valence-electron chi connectivity index (χ0n) is 9.97. The van der Waals surface area contributed by atoms with Crippen LogP contribution < -0.4 is 15.4 Å². The fraction of sp³-hybridized carbons (Fsp3) is 0.154. The second-order valence-electron chi connectivity index (χ2n) is 3.62. The van der Waals surface area contributed by atoms with Gasteiger partial charge in [0.05, 0.1) is 13.7 Å². The van der Waals surface area contributed by atoms with Crippen molar-refractivity contribution in [2.45, 2.75) is 6.54 Å². The van der Waals surface area contributed by atoms with Crippen molar-refractivity contribution in [1.82, 2.24) is 5.32 Å². The quantitative estimate of drug-likeness (QED) is 0.889. The van der Waals surface area contributed by atoms with Gasteiger partial charge in [0, 0.05) is 16.6 Å². The number of urea groups is 1. The largest absolute Gasteiger partial charge is 0.497 e. The van der Waals surface area contributed by atoms with E-state index in [4.69, 9.17) is 4.74 Å². The lowest BCUT2D eigenvalue weighted by molar-refractivity contribution is 0.252. The Labute approximate surface area is 110 Å². The van der Waals surface area contributed by atoms with Crippen LogP contribution in [0.1, 0.15) is 4.88 Å². The van der Waals surface area contributed by atoms with Crippen molar-refractivity contribution < 1.29 is 9.53 Å². The topological polar surface area (TPSA) is 50.4 Å². The molecule has 2 N–H and O–H groups in total. The molecule has 0 aliphatic rings. The number of thiophene rings is 1. The molecule has 1 aromatic carbocycles. The predicted molar refractivity (Wildman–Crippen MR) is 73.2 cm³/mol. The molecule has 2 aromatic rings. The molecule has 0 bridgehead atoms. The van der Waals surface area contributed by atoms with Crippen LogP contribution in [0.25, 0.3) is 0 Å². The first-order valence-corrected chi connectivity index (χ1v) is 6.37.